The van der Waals surface area contributed by atoms with E-state index in [-0.39, 0.29) is 6.10 Å². The van der Waals surface area contributed by atoms with Gasteiger partial charge in [-0.25, -0.2) is 4.98 Å². The molecule has 1 aromatic heterocycles. The van der Waals surface area contributed by atoms with E-state index in [1.165, 1.54) is 17.2 Å². The van der Waals surface area contributed by atoms with E-state index in [0.29, 0.717) is 19.1 Å². The third-order valence-corrected chi connectivity index (χ3v) is 3.80. The molecule has 1 N–H and O–H groups in total. The molecule has 5 nitrogen and oxygen atoms in total. The van der Waals surface area contributed by atoms with Gasteiger partial charge in [-0.15, -0.1) is 0 Å². The van der Waals surface area contributed by atoms with E-state index in [9.17, 15) is 0 Å². The van der Waals surface area contributed by atoms with Crippen molar-refractivity contribution in [1.82, 2.24) is 14.9 Å². The second-order valence-corrected chi connectivity index (χ2v) is 5.62. The number of imidazole rings is 1. The molecule has 3 rings (SSSR count). The van der Waals surface area contributed by atoms with E-state index < -0.39 is 0 Å². The lowest BCUT2D eigenvalue weighted by Gasteiger charge is -2.26. The molecule has 0 aliphatic carbocycles. The summed E-state index contributed by atoms with van der Waals surface area (Å²) >= 11 is 0. The van der Waals surface area contributed by atoms with Crippen LogP contribution in [0.3, 0.4) is 0 Å². The normalized spacial score (nSPS) is 23.6. The van der Waals surface area contributed by atoms with Gasteiger partial charge in [0.25, 0.3) is 0 Å². The third kappa shape index (κ3) is 2.68. The van der Waals surface area contributed by atoms with Crippen molar-refractivity contribution in [1.29, 1.82) is 0 Å². The number of rotatable bonds is 3. The second-order valence-electron chi connectivity index (χ2n) is 5.62. The van der Waals surface area contributed by atoms with Gasteiger partial charge >= 0.3 is 0 Å². The van der Waals surface area contributed by atoms with E-state index in [1.54, 1.807) is 0 Å². The maximum absolute atomic E-state index is 5.79. The predicted molar refractivity (Wildman–Crippen MR) is 72.3 cm³/mol. The quantitative estimate of drug-likeness (QED) is 0.888. The average molecular weight is 265 g/mol. The van der Waals surface area contributed by atoms with Crippen LogP contribution < -0.4 is 5.32 Å². The fraction of sp³-hybridized carbons (Fsp3) is 0.786. The smallest absolute Gasteiger partial charge is 0.111 e. The minimum Gasteiger partial charge on any atom is -0.376 e. The van der Waals surface area contributed by atoms with Gasteiger partial charge in [-0.05, 0) is 0 Å². The van der Waals surface area contributed by atoms with Crippen LogP contribution in [0.2, 0.25) is 0 Å². The first-order valence-electron chi connectivity index (χ1n) is 7.24. The predicted octanol–water partition coefficient (Wildman–Crippen LogP) is 1.07. The van der Waals surface area contributed by atoms with Crippen molar-refractivity contribution in [3.63, 3.8) is 0 Å². The highest BCUT2D eigenvalue weighted by molar-refractivity contribution is 5.22. The molecule has 1 fully saturated rings. The molecule has 3 heterocycles. The van der Waals surface area contributed by atoms with Crippen LogP contribution in [0.1, 0.15) is 37.0 Å². The molecule has 1 atom stereocenters. The van der Waals surface area contributed by atoms with Gasteiger partial charge in [-0.1, -0.05) is 13.8 Å². The molecule has 1 saturated heterocycles. The molecule has 0 saturated carbocycles. The second kappa shape index (κ2) is 5.61. The van der Waals surface area contributed by atoms with Crippen LogP contribution in [0, 0.1) is 0 Å². The van der Waals surface area contributed by atoms with Crippen LogP contribution >= 0.6 is 0 Å². The Balaban J connectivity index is 1.86. The first kappa shape index (κ1) is 13.1. The number of nitrogens with one attached hydrogen (secondary N) is 1. The molecule has 2 aliphatic heterocycles. The maximum Gasteiger partial charge on any atom is 0.111 e. The van der Waals surface area contributed by atoms with Gasteiger partial charge in [0.15, 0.2) is 0 Å². The molecule has 0 radical (unpaired) electrons. The van der Waals surface area contributed by atoms with Gasteiger partial charge in [0.2, 0.25) is 0 Å². The topological polar surface area (TPSA) is 48.3 Å². The highest BCUT2D eigenvalue weighted by Crippen LogP contribution is 2.23. The molecule has 0 aromatic carbocycles. The minimum absolute atomic E-state index is 0.166. The summed E-state index contributed by atoms with van der Waals surface area (Å²) in [6, 6.07) is 0. The lowest BCUT2D eigenvalue weighted by molar-refractivity contribution is -0.0940. The molecule has 0 spiro atoms. The molecule has 5 heteroatoms. The Morgan fingerprint density at radius 1 is 1.42 bits per heavy atom. The Hall–Kier alpha value is -0.910. The highest BCUT2D eigenvalue weighted by atomic mass is 16.6. The standard InChI is InChI=1S/C14H23N3O2/c1-10(2)14-16-12-7-15-4-3-13(12)17(14)8-11-9-18-5-6-19-11/h10-11,15H,3-9H2,1-2H3. The van der Waals surface area contributed by atoms with E-state index >= 15 is 0 Å². The first-order valence-corrected chi connectivity index (χ1v) is 7.24. The Bertz CT molecular complexity index is 436. The largest absolute Gasteiger partial charge is 0.376 e. The van der Waals surface area contributed by atoms with Crippen LogP contribution in [0.15, 0.2) is 0 Å². The van der Waals surface area contributed by atoms with Gasteiger partial charge in [-0.3, -0.25) is 0 Å². The van der Waals surface area contributed by atoms with Crippen molar-refractivity contribution in [2.75, 3.05) is 26.4 Å². The van der Waals surface area contributed by atoms with Gasteiger partial charge in [0.05, 0.1) is 38.2 Å². The number of fused-ring (bicyclic) bond motifs is 1. The Morgan fingerprint density at radius 2 is 2.32 bits per heavy atom. The zero-order valence-electron chi connectivity index (χ0n) is 11.8. The zero-order chi connectivity index (χ0) is 13.2. The third-order valence-electron chi connectivity index (χ3n) is 3.80. The number of hydrogen-bond acceptors (Lipinski definition) is 4. The molecule has 1 aromatic rings. The number of ether oxygens (including phenoxy) is 2. The van der Waals surface area contributed by atoms with Crippen LogP contribution in [0.25, 0.3) is 0 Å². The maximum atomic E-state index is 5.79. The summed E-state index contributed by atoms with van der Waals surface area (Å²) in [4.78, 5) is 4.82. The fourth-order valence-corrected chi connectivity index (χ4v) is 2.88. The molecule has 2 aliphatic rings. The van der Waals surface area contributed by atoms with Crippen molar-refractivity contribution in [2.45, 2.75) is 45.4 Å². The van der Waals surface area contributed by atoms with Gasteiger partial charge in [0.1, 0.15) is 5.82 Å². The van der Waals surface area contributed by atoms with Crippen molar-refractivity contribution < 1.29 is 9.47 Å². The number of aromatic nitrogens is 2. The van der Waals surface area contributed by atoms with Crippen LogP contribution in [0.5, 0.6) is 0 Å². The van der Waals surface area contributed by atoms with Crippen molar-refractivity contribution in [2.24, 2.45) is 0 Å². The Labute approximate surface area is 114 Å². The lowest BCUT2D eigenvalue weighted by atomic mass is 10.1. The number of hydrogen-bond donors (Lipinski definition) is 1. The van der Waals surface area contributed by atoms with Gasteiger partial charge in [-0.2, -0.15) is 0 Å². The van der Waals surface area contributed by atoms with Crippen LogP contribution in [0.4, 0.5) is 0 Å². The molecular formula is C14H23N3O2. The monoisotopic (exact) mass is 265 g/mol. The Kier molecular flexibility index (Phi) is 3.86. The van der Waals surface area contributed by atoms with E-state index in [2.05, 4.69) is 23.7 Å². The van der Waals surface area contributed by atoms with Gasteiger partial charge < -0.3 is 19.4 Å². The lowest BCUT2D eigenvalue weighted by Crippen LogP contribution is -2.34. The molecule has 0 bridgehead atoms. The van der Waals surface area contributed by atoms with Crippen LogP contribution in [-0.4, -0.2) is 42.0 Å². The molecule has 0 amide bonds. The summed E-state index contributed by atoms with van der Waals surface area (Å²) in [6.45, 7) is 9.34. The van der Waals surface area contributed by atoms with Crippen molar-refractivity contribution in [3.8, 4) is 0 Å². The van der Waals surface area contributed by atoms with E-state index in [1.807, 2.05) is 0 Å². The minimum atomic E-state index is 0.166. The SMILES string of the molecule is CC(C)c1nc2c(n1CC1COCCO1)CCNC2. The highest BCUT2D eigenvalue weighted by Gasteiger charge is 2.24. The summed E-state index contributed by atoms with van der Waals surface area (Å²) < 4.78 is 13.7. The summed E-state index contributed by atoms with van der Waals surface area (Å²) in [5, 5.41) is 3.39. The summed E-state index contributed by atoms with van der Waals surface area (Å²) in [5.41, 5.74) is 2.60. The Morgan fingerprint density at radius 3 is 3.05 bits per heavy atom. The van der Waals surface area contributed by atoms with Crippen LogP contribution in [-0.2, 0) is 29.0 Å². The van der Waals surface area contributed by atoms with Crippen molar-refractivity contribution >= 4 is 0 Å². The molecule has 106 valence electrons. The first-order chi connectivity index (χ1) is 9.25. The summed E-state index contributed by atoms with van der Waals surface area (Å²) in [5.74, 6) is 1.62. The molecule has 19 heavy (non-hydrogen) atoms. The zero-order valence-corrected chi connectivity index (χ0v) is 11.8. The summed E-state index contributed by atoms with van der Waals surface area (Å²) in [6.07, 6.45) is 1.22. The van der Waals surface area contributed by atoms with Crippen molar-refractivity contribution in [3.05, 3.63) is 17.2 Å². The average Bonchev–Trinajstić information content (AvgIpc) is 2.79. The van der Waals surface area contributed by atoms with E-state index in [4.69, 9.17) is 14.5 Å². The van der Waals surface area contributed by atoms with E-state index in [0.717, 1.165) is 32.7 Å². The molecular weight excluding hydrogens is 242 g/mol. The number of nitrogens with zero attached hydrogens (tertiary/aromatic N) is 2. The summed E-state index contributed by atoms with van der Waals surface area (Å²) in [7, 11) is 0. The fourth-order valence-electron chi connectivity index (χ4n) is 2.88. The van der Waals surface area contributed by atoms with Gasteiger partial charge in [0, 0.05) is 31.1 Å². The molecule has 1 unspecified atom stereocenters.